The fourth-order valence-electron chi connectivity index (χ4n) is 1.60. The Labute approximate surface area is 95.7 Å². The van der Waals surface area contributed by atoms with Gasteiger partial charge in [0.25, 0.3) is 0 Å². The van der Waals surface area contributed by atoms with Crippen molar-refractivity contribution in [2.75, 3.05) is 32.2 Å². The minimum Gasteiger partial charge on any atom is -0.378 e. The van der Waals surface area contributed by atoms with Gasteiger partial charge in [-0.05, 0) is 0 Å². The molecule has 0 aromatic rings. The average Bonchev–Trinajstić information content (AvgIpc) is 2.61. The summed E-state index contributed by atoms with van der Waals surface area (Å²) in [4.78, 5) is 11.4. The summed E-state index contributed by atoms with van der Waals surface area (Å²) in [5, 5.41) is 5.85. The van der Waals surface area contributed by atoms with E-state index in [-0.39, 0.29) is 30.2 Å². The van der Waals surface area contributed by atoms with Crippen LogP contribution in [0.5, 0.6) is 0 Å². The Morgan fingerprint density at radius 2 is 2.19 bits per heavy atom. The Hall–Kier alpha value is -0.660. The van der Waals surface area contributed by atoms with E-state index in [0.29, 0.717) is 13.1 Å². The number of ether oxygens (including phenoxy) is 1. The smallest absolute Gasteiger partial charge is 0.221 e. The lowest BCUT2D eigenvalue weighted by molar-refractivity contribution is -0.122. The van der Waals surface area contributed by atoms with Crippen molar-refractivity contribution in [2.45, 2.75) is 18.6 Å². The molecule has 1 aliphatic rings. The standard InChI is InChI=1S/C9H18N2O4S/c1-15-8-6-10-5-7(8)11-9(12)3-4-16(2,13)14/h7-8,10H,3-6H2,1-2H3,(H,11,12)/t7?,8-/m0/s1. The van der Waals surface area contributed by atoms with Gasteiger partial charge in [0, 0.05) is 32.9 Å². The molecule has 0 aromatic carbocycles. The maximum absolute atomic E-state index is 11.4. The minimum atomic E-state index is -3.08. The molecule has 2 N–H and O–H groups in total. The fourth-order valence-corrected chi connectivity index (χ4v) is 2.16. The molecule has 0 radical (unpaired) electrons. The lowest BCUT2D eigenvalue weighted by Crippen LogP contribution is -2.43. The lowest BCUT2D eigenvalue weighted by Gasteiger charge is -2.18. The van der Waals surface area contributed by atoms with Gasteiger partial charge in [0.1, 0.15) is 9.84 Å². The van der Waals surface area contributed by atoms with Crippen LogP contribution in [0.1, 0.15) is 6.42 Å². The molecule has 1 amide bonds. The first kappa shape index (κ1) is 13.4. The van der Waals surface area contributed by atoms with Crippen molar-refractivity contribution in [3.63, 3.8) is 0 Å². The fraction of sp³-hybridized carbons (Fsp3) is 0.889. The Morgan fingerprint density at radius 3 is 2.75 bits per heavy atom. The SMILES string of the molecule is CO[C@H]1CNCC1NC(=O)CCS(C)(=O)=O. The van der Waals surface area contributed by atoms with E-state index < -0.39 is 9.84 Å². The summed E-state index contributed by atoms with van der Waals surface area (Å²) in [6, 6.07) is -0.0722. The third-order valence-corrected chi connectivity index (χ3v) is 3.45. The number of sulfone groups is 1. The van der Waals surface area contributed by atoms with Gasteiger partial charge in [0.05, 0.1) is 17.9 Å². The molecule has 1 unspecified atom stereocenters. The maximum atomic E-state index is 11.4. The number of amides is 1. The van der Waals surface area contributed by atoms with Crippen LogP contribution in [0.4, 0.5) is 0 Å². The Bertz CT molecular complexity index is 341. The minimum absolute atomic E-state index is 0.00572. The van der Waals surface area contributed by atoms with Crippen LogP contribution >= 0.6 is 0 Å². The summed E-state index contributed by atoms with van der Waals surface area (Å²) >= 11 is 0. The molecule has 6 nitrogen and oxygen atoms in total. The average molecular weight is 250 g/mol. The molecule has 0 bridgehead atoms. The molecule has 0 spiro atoms. The Kier molecular flexibility index (Phi) is 4.69. The molecule has 94 valence electrons. The molecule has 1 rings (SSSR count). The van der Waals surface area contributed by atoms with Crippen LogP contribution in [0.3, 0.4) is 0 Å². The Balaban J connectivity index is 2.34. The monoisotopic (exact) mass is 250 g/mol. The maximum Gasteiger partial charge on any atom is 0.221 e. The van der Waals surface area contributed by atoms with Crippen LogP contribution in [-0.4, -0.2) is 58.7 Å². The highest BCUT2D eigenvalue weighted by Crippen LogP contribution is 2.04. The molecule has 1 saturated heterocycles. The van der Waals surface area contributed by atoms with Gasteiger partial charge in [0.15, 0.2) is 0 Å². The van der Waals surface area contributed by atoms with Crippen LogP contribution in [-0.2, 0) is 19.4 Å². The van der Waals surface area contributed by atoms with Crippen LogP contribution in [0, 0.1) is 0 Å². The number of hydrogen-bond donors (Lipinski definition) is 2. The summed E-state index contributed by atoms with van der Waals surface area (Å²) in [5.41, 5.74) is 0. The predicted octanol–water partition coefficient (Wildman–Crippen LogP) is -1.48. The summed E-state index contributed by atoms with van der Waals surface area (Å²) in [6.07, 6.45) is 1.09. The summed E-state index contributed by atoms with van der Waals surface area (Å²) in [6.45, 7) is 1.36. The van der Waals surface area contributed by atoms with Crippen molar-refractivity contribution in [1.29, 1.82) is 0 Å². The third kappa shape index (κ3) is 4.46. The zero-order chi connectivity index (χ0) is 12.2. The van der Waals surface area contributed by atoms with Gasteiger partial charge in [-0.15, -0.1) is 0 Å². The van der Waals surface area contributed by atoms with E-state index in [0.717, 1.165) is 6.26 Å². The molecular formula is C9H18N2O4S. The second-order valence-electron chi connectivity index (χ2n) is 3.99. The van der Waals surface area contributed by atoms with Gasteiger partial charge in [-0.2, -0.15) is 0 Å². The van der Waals surface area contributed by atoms with Crippen molar-refractivity contribution in [3.05, 3.63) is 0 Å². The van der Waals surface area contributed by atoms with Crippen molar-refractivity contribution >= 4 is 15.7 Å². The largest absolute Gasteiger partial charge is 0.378 e. The van der Waals surface area contributed by atoms with E-state index in [4.69, 9.17) is 4.74 Å². The van der Waals surface area contributed by atoms with E-state index in [1.165, 1.54) is 0 Å². The van der Waals surface area contributed by atoms with E-state index in [1.807, 2.05) is 0 Å². The molecule has 1 aliphatic heterocycles. The first-order valence-electron chi connectivity index (χ1n) is 5.13. The zero-order valence-corrected chi connectivity index (χ0v) is 10.3. The molecule has 2 atom stereocenters. The topological polar surface area (TPSA) is 84.5 Å². The summed E-state index contributed by atoms with van der Waals surface area (Å²) < 4.78 is 26.9. The van der Waals surface area contributed by atoms with Gasteiger partial charge < -0.3 is 15.4 Å². The van der Waals surface area contributed by atoms with Crippen LogP contribution in [0.2, 0.25) is 0 Å². The molecule has 0 aromatic heterocycles. The van der Waals surface area contributed by atoms with E-state index in [9.17, 15) is 13.2 Å². The van der Waals surface area contributed by atoms with Crippen molar-refractivity contribution in [1.82, 2.24) is 10.6 Å². The first-order valence-corrected chi connectivity index (χ1v) is 7.19. The van der Waals surface area contributed by atoms with Crippen LogP contribution in [0.25, 0.3) is 0 Å². The molecule has 0 aliphatic carbocycles. The second kappa shape index (κ2) is 5.60. The van der Waals surface area contributed by atoms with Gasteiger partial charge in [-0.1, -0.05) is 0 Å². The third-order valence-electron chi connectivity index (χ3n) is 2.51. The Morgan fingerprint density at radius 1 is 1.50 bits per heavy atom. The molecule has 7 heteroatoms. The van der Waals surface area contributed by atoms with Crippen LogP contribution < -0.4 is 10.6 Å². The van der Waals surface area contributed by atoms with Gasteiger partial charge in [-0.25, -0.2) is 8.42 Å². The number of methoxy groups -OCH3 is 1. The molecule has 1 fully saturated rings. The zero-order valence-electron chi connectivity index (χ0n) is 9.52. The molecule has 0 saturated carbocycles. The second-order valence-corrected chi connectivity index (χ2v) is 6.25. The number of carbonyl (C=O) groups excluding carboxylic acids is 1. The highest BCUT2D eigenvalue weighted by atomic mass is 32.2. The van der Waals surface area contributed by atoms with E-state index in [2.05, 4.69) is 10.6 Å². The lowest BCUT2D eigenvalue weighted by atomic mass is 10.2. The molecule has 16 heavy (non-hydrogen) atoms. The van der Waals surface area contributed by atoms with E-state index in [1.54, 1.807) is 7.11 Å². The number of carbonyl (C=O) groups is 1. The number of nitrogens with one attached hydrogen (secondary N) is 2. The highest BCUT2D eigenvalue weighted by Gasteiger charge is 2.28. The van der Waals surface area contributed by atoms with Crippen molar-refractivity contribution < 1.29 is 17.9 Å². The molecular weight excluding hydrogens is 232 g/mol. The summed E-state index contributed by atoms with van der Waals surface area (Å²) in [7, 11) is -1.49. The quantitative estimate of drug-likeness (QED) is 0.622. The predicted molar refractivity (Wildman–Crippen MR) is 59.9 cm³/mol. The van der Waals surface area contributed by atoms with Crippen molar-refractivity contribution in [3.8, 4) is 0 Å². The van der Waals surface area contributed by atoms with Crippen LogP contribution in [0.15, 0.2) is 0 Å². The normalized spacial score (nSPS) is 25.6. The molecule has 1 heterocycles. The number of hydrogen-bond acceptors (Lipinski definition) is 5. The summed E-state index contributed by atoms with van der Waals surface area (Å²) in [5.74, 6) is -0.363. The highest BCUT2D eigenvalue weighted by molar-refractivity contribution is 7.90. The van der Waals surface area contributed by atoms with E-state index >= 15 is 0 Å². The number of rotatable bonds is 5. The van der Waals surface area contributed by atoms with Gasteiger partial charge >= 0.3 is 0 Å². The van der Waals surface area contributed by atoms with Crippen molar-refractivity contribution in [2.24, 2.45) is 0 Å². The first-order chi connectivity index (χ1) is 7.42. The van der Waals surface area contributed by atoms with Gasteiger partial charge in [-0.3, -0.25) is 4.79 Å². The van der Waals surface area contributed by atoms with Gasteiger partial charge in [0.2, 0.25) is 5.91 Å².